The number of hydrogen-bond acceptors (Lipinski definition) is 3. The molecule has 1 heterocycles. The largest absolute Gasteiger partial charge is 0.489 e. The Morgan fingerprint density at radius 2 is 2.29 bits per heavy atom. The Hall–Kier alpha value is -1.19. The van der Waals surface area contributed by atoms with Crippen molar-refractivity contribution in [3.8, 4) is 11.5 Å². The van der Waals surface area contributed by atoms with Crippen LogP contribution in [0.2, 0.25) is 0 Å². The number of ether oxygens (including phenoxy) is 2. The minimum atomic E-state index is -0.174. The van der Waals surface area contributed by atoms with Crippen molar-refractivity contribution in [1.29, 1.82) is 0 Å². The van der Waals surface area contributed by atoms with Crippen LogP contribution in [0, 0.1) is 0 Å². The van der Waals surface area contributed by atoms with E-state index in [1.807, 2.05) is 12.1 Å². The van der Waals surface area contributed by atoms with Gasteiger partial charge in [-0.25, -0.2) is 0 Å². The van der Waals surface area contributed by atoms with Gasteiger partial charge in [-0.3, -0.25) is 0 Å². The molecule has 21 heavy (non-hydrogen) atoms. The van der Waals surface area contributed by atoms with Gasteiger partial charge in [-0.05, 0) is 39.0 Å². The molecule has 116 valence electrons. The highest BCUT2D eigenvalue weighted by molar-refractivity contribution is 6.25. The molecule has 1 aliphatic heterocycles. The van der Waals surface area contributed by atoms with Crippen molar-refractivity contribution in [2.75, 3.05) is 13.2 Å². The highest BCUT2D eigenvalue weighted by Crippen LogP contribution is 2.41. The quantitative estimate of drug-likeness (QED) is 0.844. The fourth-order valence-electron chi connectivity index (χ4n) is 2.60. The standard InChI is InChI=1S/C17H24ClNO2/c1-4-9-19-15-12-17(2,3)21-16-11-13(6-7-14(15)16)20-10-5-8-18/h5-8,11,15,19H,4,9-10,12H2,1-3H3. The van der Waals surface area contributed by atoms with E-state index in [0.29, 0.717) is 12.6 Å². The summed E-state index contributed by atoms with van der Waals surface area (Å²) < 4.78 is 11.7. The molecule has 3 nitrogen and oxygen atoms in total. The van der Waals surface area contributed by atoms with Crippen molar-refractivity contribution in [2.24, 2.45) is 0 Å². The summed E-state index contributed by atoms with van der Waals surface area (Å²) in [5.41, 5.74) is 2.50. The van der Waals surface area contributed by atoms with Gasteiger partial charge in [0.2, 0.25) is 0 Å². The third-order valence-electron chi connectivity index (χ3n) is 3.52. The summed E-state index contributed by atoms with van der Waals surface area (Å²) in [6.07, 6.45) is 3.85. The summed E-state index contributed by atoms with van der Waals surface area (Å²) >= 11 is 5.49. The predicted octanol–water partition coefficient (Wildman–Crippen LogP) is 4.42. The van der Waals surface area contributed by atoms with Crippen LogP contribution in [0.15, 0.2) is 29.8 Å². The number of hydrogen-bond donors (Lipinski definition) is 1. The molecular formula is C17H24ClNO2. The van der Waals surface area contributed by atoms with Crippen LogP contribution >= 0.6 is 11.6 Å². The zero-order chi connectivity index (χ0) is 15.3. The monoisotopic (exact) mass is 309 g/mol. The molecule has 0 saturated heterocycles. The molecule has 0 bridgehead atoms. The normalized spacial score (nSPS) is 20.1. The molecule has 1 N–H and O–H groups in total. The Kier molecular flexibility index (Phi) is 5.54. The molecule has 2 rings (SSSR count). The van der Waals surface area contributed by atoms with Crippen LogP contribution in [-0.4, -0.2) is 18.8 Å². The zero-order valence-electron chi connectivity index (χ0n) is 13.0. The molecule has 1 unspecified atom stereocenters. The lowest BCUT2D eigenvalue weighted by atomic mass is 9.89. The summed E-state index contributed by atoms with van der Waals surface area (Å²) in [5, 5.41) is 3.61. The summed E-state index contributed by atoms with van der Waals surface area (Å²) in [6.45, 7) is 7.91. The van der Waals surface area contributed by atoms with E-state index in [1.165, 1.54) is 11.1 Å². The van der Waals surface area contributed by atoms with Crippen molar-refractivity contribution in [1.82, 2.24) is 5.32 Å². The number of rotatable bonds is 6. The van der Waals surface area contributed by atoms with Crippen molar-refractivity contribution in [3.05, 3.63) is 35.4 Å². The maximum Gasteiger partial charge on any atom is 0.128 e. The lowest BCUT2D eigenvalue weighted by molar-refractivity contribution is 0.0658. The molecule has 0 aliphatic carbocycles. The van der Waals surface area contributed by atoms with Crippen LogP contribution in [0.5, 0.6) is 11.5 Å². The lowest BCUT2D eigenvalue weighted by Crippen LogP contribution is -2.39. The van der Waals surface area contributed by atoms with Gasteiger partial charge in [0.25, 0.3) is 0 Å². The smallest absolute Gasteiger partial charge is 0.128 e. The first-order chi connectivity index (χ1) is 10.1. The minimum absolute atomic E-state index is 0.174. The van der Waals surface area contributed by atoms with Gasteiger partial charge in [0.1, 0.15) is 23.7 Å². The van der Waals surface area contributed by atoms with Gasteiger partial charge in [-0.15, -0.1) is 0 Å². The van der Waals surface area contributed by atoms with Crippen molar-refractivity contribution < 1.29 is 9.47 Å². The second-order valence-electron chi connectivity index (χ2n) is 5.94. The number of nitrogens with one attached hydrogen (secondary N) is 1. The maximum absolute atomic E-state index is 6.11. The van der Waals surface area contributed by atoms with Crippen molar-refractivity contribution >= 4 is 11.6 Å². The summed E-state index contributed by atoms with van der Waals surface area (Å²) in [6, 6.07) is 6.39. The lowest BCUT2D eigenvalue weighted by Gasteiger charge is -2.38. The average molecular weight is 310 g/mol. The average Bonchev–Trinajstić information content (AvgIpc) is 2.43. The third-order valence-corrected chi connectivity index (χ3v) is 3.70. The van der Waals surface area contributed by atoms with Gasteiger partial charge in [-0.1, -0.05) is 24.6 Å². The maximum atomic E-state index is 6.11. The Labute approximate surface area is 132 Å². The van der Waals surface area contributed by atoms with Gasteiger partial charge in [-0.2, -0.15) is 0 Å². The van der Waals surface area contributed by atoms with Crippen LogP contribution in [0.1, 0.15) is 45.2 Å². The Morgan fingerprint density at radius 3 is 3.00 bits per heavy atom. The second kappa shape index (κ2) is 7.19. The van der Waals surface area contributed by atoms with Crippen LogP contribution in [0.25, 0.3) is 0 Å². The summed E-state index contributed by atoms with van der Waals surface area (Å²) in [5.74, 6) is 1.71. The first-order valence-corrected chi connectivity index (χ1v) is 7.94. The minimum Gasteiger partial charge on any atom is -0.489 e. The number of fused-ring (bicyclic) bond motifs is 1. The summed E-state index contributed by atoms with van der Waals surface area (Å²) in [4.78, 5) is 0. The van der Waals surface area contributed by atoms with E-state index < -0.39 is 0 Å². The van der Waals surface area contributed by atoms with Gasteiger partial charge in [0, 0.05) is 29.6 Å². The molecule has 0 aromatic heterocycles. The first-order valence-electron chi connectivity index (χ1n) is 7.50. The van der Waals surface area contributed by atoms with E-state index in [9.17, 15) is 0 Å². The molecule has 1 aromatic rings. The van der Waals surface area contributed by atoms with Crippen molar-refractivity contribution in [2.45, 2.75) is 45.3 Å². The topological polar surface area (TPSA) is 30.5 Å². The predicted molar refractivity (Wildman–Crippen MR) is 87.3 cm³/mol. The SMILES string of the molecule is CCCNC1CC(C)(C)Oc2cc(OCC=CCl)ccc21. The molecule has 0 radical (unpaired) electrons. The molecule has 1 atom stereocenters. The van der Waals surface area contributed by atoms with Crippen LogP contribution in [-0.2, 0) is 0 Å². The fraction of sp³-hybridized carbons (Fsp3) is 0.529. The summed E-state index contributed by atoms with van der Waals surface area (Å²) in [7, 11) is 0. The van der Waals surface area contributed by atoms with Gasteiger partial charge >= 0.3 is 0 Å². The Morgan fingerprint density at radius 1 is 1.48 bits per heavy atom. The van der Waals surface area contributed by atoms with E-state index in [2.05, 4.69) is 32.2 Å². The van der Waals surface area contributed by atoms with E-state index in [4.69, 9.17) is 21.1 Å². The van der Waals surface area contributed by atoms with E-state index in [0.717, 1.165) is 30.9 Å². The second-order valence-corrected chi connectivity index (χ2v) is 6.20. The number of benzene rings is 1. The molecule has 0 amide bonds. The third kappa shape index (κ3) is 4.39. The molecular weight excluding hydrogens is 286 g/mol. The molecule has 1 aromatic carbocycles. The highest BCUT2D eigenvalue weighted by Gasteiger charge is 2.33. The Balaban J connectivity index is 2.19. The molecule has 0 fully saturated rings. The Bertz CT molecular complexity index is 500. The van der Waals surface area contributed by atoms with E-state index in [-0.39, 0.29) is 5.60 Å². The molecule has 0 saturated carbocycles. The molecule has 1 aliphatic rings. The van der Waals surface area contributed by atoms with Gasteiger partial charge < -0.3 is 14.8 Å². The van der Waals surface area contributed by atoms with Gasteiger partial charge in [0.05, 0.1) is 0 Å². The first kappa shape index (κ1) is 16.2. The molecule has 4 heteroatoms. The van der Waals surface area contributed by atoms with E-state index >= 15 is 0 Å². The highest BCUT2D eigenvalue weighted by atomic mass is 35.5. The van der Waals surface area contributed by atoms with Crippen LogP contribution < -0.4 is 14.8 Å². The van der Waals surface area contributed by atoms with Crippen LogP contribution in [0.4, 0.5) is 0 Å². The van der Waals surface area contributed by atoms with Crippen LogP contribution in [0.3, 0.4) is 0 Å². The van der Waals surface area contributed by atoms with E-state index in [1.54, 1.807) is 6.08 Å². The zero-order valence-corrected chi connectivity index (χ0v) is 13.7. The fourth-order valence-corrected chi connectivity index (χ4v) is 2.68. The van der Waals surface area contributed by atoms with Crippen molar-refractivity contribution in [3.63, 3.8) is 0 Å². The molecule has 0 spiro atoms. The van der Waals surface area contributed by atoms with Gasteiger partial charge in [0.15, 0.2) is 0 Å². The number of halogens is 1.